The number of aromatic nitrogens is 1. The van der Waals surface area contributed by atoms with Gasteiger partial charge in [0, 0.05) is 27.5 Å². The summed E-state index contributed by atoms with van der Waals surface area (Å²) in [4.78, 5) is 20.4. The monoisotopic (exact) mass is 619 g/mol. The first kappa shape index (κ1) is 25.2. The smallest absolute Gasteiger partial charge is 0.417 e. The van der Waals surface area contributed by atoms with Gasteiger partial charge in [-0.05, 0) is 71.9 Å². The molecule has 0 radical (unpaired) electrons. The van der Waals surface area contributed by atoms with Crippen molar-refractivity contribution >= 4 is 67.4 Å². The molecule has 0 spiro atoms. The van der Waals surface area contributed by atoms with Gasteiger partial charge < -0.3 is 14.6 Å². The predicted octanol–water partition coefficient (Wildman–Crippen LogP) is 7.26. The van der Waals surface area contributed by atoms with Gasteiger partial charge in [0.25, 0.3) is 5.91 Å². The zero-order valence-electron chi connectivity index (χ0n) is 19.6. The van der Waals surface area contributed by atoms with E-state index in [4.69, 9.17) is 28.6 Å². The number of nitrogens with one attached hydrogen (secondary N) is 1. The molecule has 2 aliphatic heterocycles. The van der Waals surface area contributed by atoms with Crippen LogP contribution >= 0.6 is 39.7 Å². The quantitative estimate of drug-likeness (QED) is 0.245. The molecular weight excluding hydrogens is 603 g/mol. The molecule has 38 heavy (non-hydrogen) atoms. The number of nitrogens with zero attached hydrogens (tertiary/aromatic N) is 2. The number of fused-ring (bicyclic) bond motifs is 4. The number of hydrogen-bond donors (Lipinski definition) is 1. The van der Waals surface area contributed by atoms with E-state index in [1.807, 2.05) is 47.4 Å². The van der Waals surface area contributed by atoms with Gasteiger partial charge in [0.2, 0.25) is 0 Å². The predicted molar refractivity (Wildman–Crippen MR) is 147 cm³/mol. The minimum absolute atomic E-state index is 0.0240. The average Bonchev–Trinajstić information content (AvgIpc) is 3.36. The van der Waals surface area contributed by atoms with Crippen LogP contribution in [0.25, 0.3) is 10.9 Å². The van der Waals surface area contributed by atoms with Gasteiger partial charge in [-0.3, -0.25) is 9.69 Å². The third-order valence-corrected chi connectivity index (χ3v) is 8.26. The van der Waals surface area contributed by atoms with Gasteiger partial charge in [-0.15, -0.1) is 0 Å². The summed E-state index contributed by atoms with van der Waals surface area (Å²) in [5.74, 6) is 0.281. The Labute approximate surface area is 234 Å². The topological polar surface area (TPSA) is 48.6 Å². The van der Waals surface area contributed by atoms with Crippen LogP contribution in [0.5, 0.6) is 5.75 Å². The van der Waals surface area contributed by atoms with Crippen molar-refractivity contribution in [2.75, 3.05) is 12.0 Å². The summed E-state index contributed by atoms with van der Waals surface area (Å²) in [5, 5.41) is 0.650. The van der Waals surface area contributed by atoms with Gasteiger partial charge in [0.15, 0.2) is 5.11 Å². The molecular formula is C27H18BrClF3N3O2S. The molecule has 0 bridgehead atoms. The highest BCUT2D eigenvalue weighted by molar-refractivity contribution is 9.10. The Balaban J connectivity index is 1.51. The maximum atomic E-state index is 13.9. The fourth-order valence-electron chi connectivity index (χ4n) is 5.33. The van der Waals surface area contributed by atoms with Crippen LogP contribution in [0, 0.1) is 0 Å². The molecule has 6 rings (SSSR count). The average molecular weight is 621 g/mol. The molecule has 1 amide bonds. The van der Waals surface area contributed by atoms with Crippen LogP contribution in [0.1, 0.15) is 28.4 Å². The normalized spacial score (nSPS) is 19.2. The maximum absolute atomic E-state index is 13.9. The second-order valence-corrected chi connectivity index (χ2v) is 10.8. The van der Waals surface area contributed by atoms with E-state index in [1.54, 1.807) is 7.11 Å². The highest BCUT2D eigenvalue weighted by atomic mass is 79.9. The van der Waals surface area contributed by atoms with E-state index >= 15 is 0 Å². The summed E-state index contributed by atoms with van der Waals surface area (Å²) in [6.07, 6.45) is -4.34. The van der Waals surface area contributed by atoms with Crippen molar-refractivity contribution < 1.29 is 22.7 Å². The van der Waals surface area contributed by atoms with Crippen molar-refractivity contribution in [3.63, 3.8) is 0 Å². The summed E-state index contributed by atoms with van der Waals surface area (Å²) in [6.45, 7) is 0. The Morgan fingerprint density at radius 2 is 1.84 bits per heavy atom. The molecule has 1 fully saturated rings. The number of rotatable bonds is 3. The molecule has 2 atom stereocenters. The van der Waals surface area contributed by atoms with E-state index in [1.165, 1.54) is 11.0 Å². The van der Waals surface area contributed by atoms with Crippen LogP contribution < -0.4 is 9.64 Å². The lowest BCUT2D eigenvalue weighted by Gasteiger charge is -2.37. The van der Waals surface area contributed by atoms with Crippen molar-refractivity contribution in [3.8, 4) is 5.75 Å². The fourth-order valence-corrected chi connectivity index (χ4v) is 6.35. The molecule has 4 aromatic rings. The van der Waals surface area contributed by atoms with Crippen molar-refractivity contribution in [2.45, 2.75) is 24.7 Å². The minimum Gasteiger partial charge on any atom is -0.497 e. The molecule has 0 saturated carbocycles. The zero-order chi connectivity index (χ0) is 26.9. The van der Waals surface area contributed by atoms with E-state index in [-0.39, 0.29) is 16.7 Å². The summed E-state index contributed by atoms with van der Waals surface area (Å²) in [6, 6.07) is 15.6. The van der Waals surface area contributed by atoms with Gasteiger partial charge in [0.05, 0.1) is 29.4 Å². The third kappa shape index (κ3) is 3.88. The van der Waals surface area contributed by atoms with Gasteiger partial charge in [-0.1, -0.05) is 39.7 Å². The van der Waals surface area contributed by atoms with Crippen molar-refractivity contribution in [2.24, 2.45) is 0 Å². The molecule has 11 heteroatoms. The van der Waals surface area contributed by atoms with Crippen molar-refractivity contribution in [1.82, 2.24) is 9.88 Å². The molecule has 0 aliphatic carbocycles. The van der Waals surface area contributed by atoms with E-state index in [0.717, 1.165) is 44.3 Å². The molecule has 1 N–H and O–H groups in total. The number of aromatic amines is 1. The number of thiocarbonyl (C=S) groups is 1. The fraction of sp³-hybridized carbons (Fsp3) is 0.185. The first-order chi connectivity index (χ1) is 18.1. The molecule has 5 nitrogen and oxygen atoms in total. The summed E-state index contributed by atoms with van der Waals surface area (Å²) in [5.41, 5.74) is 2.62. The molecule has 3 heterocycles. The van der Waals surface area contributed by atoms with E-state index in [9.17, 15) is 18.0 Å². The molecule has 2 aliphatic rings. The van der Waals surface area contributed by atoms with Crippen molar-refractivity contribution in [1.29, 1.82) is 0 Å². The Hall–Kier alpha value is -3.08. The number of carbonyl (C=O) groups excluding carboxylic acids is 1. The van der Waals surface area contributed by atoms with Gasteiger partial charge in [0.1, 0.15) is 11.8 Å². The first-order valence-corrected chi connectivity index (χ1v) is 13.1. The van der Waals surface area contributed by atoms with E-state index in [0.29, 0.717) is 12.2 Å². The summed E-state index contributed by atoms with van der Waals surface area (Å²) < 4.78 is 47.1. The number of ether oxygens (including phenoxy) is 1. The summed E-state index contributed by atoms with van der Waals surface area (Å²) >= 11 is 15.2. The van der Waals surface area contributed by atoms with Gasteiger partial charge in [-0.2, -0.15) is 13.2 Å². The van der Waals surface area contributed by atoms with Crippen LogP contribution in [0.2, 0.25) is 5.02 Å². The van der Waals surface area contributed by atoms with E-state index < -0.39 is 28.8 Å². The Morgan fingerprint density at radius 3 is 2.53 bits per heavy atom. The highest BCUT2D eigenvalue weighted by Crippen LogP contribution is 2.46. The minimum atomic E-state index is -4.68. The number of benzene rings is 3. The summed E-state index contributed by atoms with van der Waals surface area (Å²) in [7, 11) is 1.58. The number of halogens is 5. The van der Waals surface area contributed by atoms with Gasteiger partial charge >= 0.3 is 6.18 Å². The van der Waals surface area contributed by atoms with Crippen LogP contribution in [-0.2, 0) is 17.4 Å². The highest BCUT2D eigenvalue weighted by Gasteiger charge is 2.51. The molecule has 1 aromatic heterocycles. The maximum Gasteiger partial charge on any atom is 0.417 e. The second kappa shape index (κ2) is 9.00. The lowest BCUT2D eigenvalue weighted by atomic mass is 9.89. The first-order valence-electron chi connectivity index (χ1n) is 11.6. The second-order valence-electron chi connectivity index (χ2n) is 9.13. The number of methoxy groups -OCH3 is 1. The number of H-pyrrole nitrogens is 1. The number of anilines is 1. The molecule has 3 aromatic carbocycles. The van der Waals surface area contributed by atoms with Crippen LogP contribution in [-0.4, -0.2) is 34.1 Å². The van der Waals surface area contributed by atoms with Crippen LogP contribution in [0.15, 0.2) is 65.1 Å². The van der Waals surface area contributed by atoms with Gasteiger partial charge in [-0.25, -0.2) is 0 Å². The Bertz CT molecular complexity index is 1620. The van der Waals surface area contributed by atoms with Crippen molar-refractivity contribution in [3.05, 3.63) is 92.5 Å². The lowest BCUT2D eigenvalue weighted by Crippen LogP contribution is -2.44. The molecule has 194 valence electrons. The SMILES string of the molecule is COc1ccc(C2c3[nH]c4ccc(Br)cc4c3CC3C(=O)N(c4ccc(Cl)c(C(F)(F)F)c4)C(=S)N32)cc1. The Morgan fingerprint density at radius 1 is 1.11 bits per heavy atom. The number of alkyl halides is 3. The number of amides is 1. The number of carbonyl (C=O) groups is 1. The molecule has 1 saturated heterocycles. The van der Waals surface area contributed by atoms with Crippen LogP contribution in [0.4, 0.5) is 18.9 Å². The van der Waals surface area contributed by atoms with Crippen LogP contribution in [0.3, 0.4) is 0 Å². The zero-order valence-corrected chi connectivity index (χ0v) is 22.8. The largest absolute Gasteiger partial charge is 0.497 e. The standard InChI is InChI=1S/C27H18BrClF3N3O2S/c1-37-16-6-2-13(3-7-16)24-23-18(17-10-14(28)4-9-21(17)33-23)12-22-25(36)34(26(38)35(22)24)15-5-8-20(29)19(11-15)27(30,31)32/h2-11,22,24,33H,12H2,1H3. The lowest BCUT2D eigenvalue weighted by molar-refractivity contribution is -0.137. The van der Waals surface area contributed by atoms with E-state index in [2.05, 4.69) is 20.9 Å². The third-order valence-electron chi connectivity index (χ3n) is 7.05. The molecule has 2 unspecified atom stereocenters. The number of hydrogen-bond acceptors (Lipinski definition) is 3. The Kier molecular flexibility index (Phi) is 5.97.